The number of halogens is 2. The van der Waals surface area contributed by atoms with Crippen LogP contribution in [0.4, 0.5) is 10.5 Å². The first kappa shape index (κ1) is 21.5. The van der Waals surface area contributed by atoms with E-state index in [4.69, 9.17) is 23.2 Å². The Hall–Kier alpha value is -2.24. The number of piperidine rings is 1. The summed E-state index contributed by atoms with van der Waals surface area (Å²) in [7, 11) is 0. The fourth-order valence-corrected chi connectivity index (χ4v) is 3.81. The lowest BCUT2D eigenvalue weighted by Crippen LogP contribution is -2.37. The van der Waals surface area contributed by atoms with Crippen molar-refractivity contribution in [3.05, 3.63) is 63.1 Å². The number of anilines is 1. The molecular formula is C22H25Cl2N3O2. The van der Waals surface area contributed by atoms with Crippen LogP contribution in [0.3, 0.4) is 0 Å². The molecule has 0 spiro atoms. The van der Waals surface area contributed by atoms with Gasteiger partial charge in [-0.25, -0.2) is 4.79 Å². The summed E-state index contributed by atoms with van der Waals surface area (Å²) in [6.07, 6.45) is 2.09. The van der Waals surface area contributed by atoms with Gasteiger partial charge in [-0.15, -0.1) is 0 Å². The van der Waals surface area contributed by atoms with Crippen molar-refractivity contribution >= 4 is 40.8 Å². The van der Waals surface area contributed by atoms with Crippen molar-refractivity contribution in [1.29, 1.82) is 0 Å². The van der Waals surface area contributed by atoms with Gasteiger partial charge in [0.05, 0.1) is 0 Å². The zero-order valence-corrected chi connectivity index (χ0v) is 18.1. The van der Waals surface area contributed by atoms with Crippen molar-refractivity contribution in [3.63, 3.8) is 0 Å². The summed E-state index contributed by atoms with van der Waals surface area (Å²) in [4.78, 5) is 26.9. The van der Waals surface area contributed by atoms with E-state index in [1.165, 1.54) is 0 Å². The van der Waals surface area contributed by atoms with Gasteiger partial charge in [-0.3, -0.25) is 4.79 Å². The number of carbonyl (C=O) groups is 2. The maximum Gasteiger partial charge on any atom is 0.319 e. The molecule has 1 saturated heterocycles. The van der Waals surface area contributed by atoms with Crippen LogP contribution < -0.4 is 10.6 Å². The number of nitrogens with one attached hydrogen (secondary N) is 2. The largest absolute Gasteiger partial charge is 0.339 e. The number of amides is 3. The summed E-state index contributed by atoms with van der Waals surface area (Å²) in [5.74, 6) is 0.724. The Morgan fingerprint density at radius 2 is 1.83 bits per heavy atom. The van der Waals surface area contributed by atoms with Gasteiger partial charge >= 0.3 is 6.03 Å². The molecule has 2 aromatic carbocycles. The first-order chi connectivity index (χ1) is 13.8. The molecule has 3 amide bonds. The lowest BCUT2D eigenvalue weighted by atomic mass is 9.98. The van der Waals surface area contributed by atoms with Crippen molar-refractivity contribution in [3.8, 4) is 0 Å². The average molecular weight is 434 g/mol. The van der Waals surface area contributed by atoms with Crippen molar-refractivity contribution in [1.82, 2.24) is 10.2 Å². The Morgan fingerprint density at radius 1 is 1.10 bits per heavy atom. The topological polar surface area (TPSA) is 61.4 Å². The SMILES string of the molecule is Cc1cc(C(=O)N2CCC(C)CC2)ccc1NC(=O)NCc1ccc(Cl)cc1Cl. The summed E-state index contributed by atoms with van der Waals surface area (Å²) in [5.41, 5.74) is 2.92. The third kappa shape index (κ3) is 5.64. The van der Waals surface area contributed by atoms with Crippen LogP contribution in [0.2, 0.25) is 10.0 Å². The zero-order chi connectivity index (χ0) is 21.0. The number of likely N-dealkylation sites (tertiary alicyclic amines) is 1. The van der Waals surface area contributed by atoms with E-state index in [1.807, 2.05) is 17.9 Å². The molecule has 1 aliphatic heterocycles. The van der Waals surface area contributed by atoms with E-state index in [1.54, 1.807) is 30.3 Å². The molecule has 154 valence electrons. The molecule has 0 aliphatic carbocycles. The Balaban J connectivity index is 1.58. The van der Waals surface area contributed by atoms with Crippen molar-refractivity contribution in [2.45, 2.75) is 33.2 Å². The quantitative estimate of drug-likeness (QED) is 0.668. The summed E-state index contributed by atoms with van der Waals surface area (Å²) in [6.45, 7) is 5.98. The van der Waals surface area contributed by atoms with Gasteiger partial charge in [0.25, 0.3) is 5.91 Å². The van der Waals surface area contributed by atoms with Crippen LogP contribution in [0.1, 0.15) is 41.3 Å². The Kier molecular flexibility index (Phi) is 7.04. The Morgan fingerprint density at radius 3 is 2.48 bits per heavy atom. The van der Waals surface area contributed by atoms with Gasteiger partial charge in [0.15, 0.2) is 0 Å². The van der Waals surface area contributed by atoms with Gasteiger partial charge in [-0.05, 0) is 67.1 Å². The smallest absolute Gasteiger partial charge is 0.319 e. The molecule has 0 saturated carbocycles. The normalized spacial score (nSPS) is 14.6. The van der Waals surface area contributed by atoms with Gasteiger partial charge in [0.2, 0.25) is 0 Å². The molecular weight excluding hydrogens is 409 g/mol. The number of hydrogen-bond acceptors (Lipinski definition) is 2. The highest BCUT2D eigenvalue weighted by Crippen LogP contribution is 2.22. The van der Waals surface area contributed by atoms with E-state index in [9.17, 15) is 9.59 Å². The molecule has 0 atom stereocenters. The summed E-state index contributed by atoms with van der Waals surface area (Å²) >= 11 is 12.0. The van der Waals surface area contributed by atoms with E-state index in [0.717, 1.165) is 37.1 Å². The molecule has 1 aliphatic rings. The second-order valence-corrected chi connectivity index (χ2v) is 8.39. The van der Waals surface area contributed by atoms with E-state index in [-0.39, 0.29) is 18.5 Å². The van der Waals surface area contributed by atoms with Gasteiger partial charge in [-0.1, -0.05) is 36.2 Å². The van der Waals surface area contributed by atoms with Crippen LogP contribution in [-0.2, 0) is 6.54 Å². The van der Waals surface area contributed by atoms with Crippen LogP contribution in [0.15, 0.2) is 36.4 Å². The zero-order valence-electron chi connectivity index (χ0n) is 16.6. The lowest BCUT2D eigenvalue weighted by molar-refractivity contribution is 0.0697. The fourth-order valence-electron chi connectivity index (χ4n) is 3.34. The first-order valence-corrected chi connectivity index (χ1v) is 10.5. The number of benzene rings is 2. The van der Waals surface area contributed by atoms with Gasteiger partial charge < -0.3 is 15.5 Å². The lowest BCUT2D eigenvalue weighted by Gasteiger charge is -2.30. The van der Waals surface area contributed by atoms with Crippen molar-refractivity contribution in [2.75, 3.05) is 18.4 Å². The minimum atomic E-state index is -0.344. The molecule has 5 nitrogen and oxygen atoms in total. The highest BCUT2D eigenvalue weighted by atomic mass is 35.5. The number of aryl methyl sites for hydroxylation is 1. The molecule has 0 unspecified atom stereocenters. The monoisotopic (exact) mass is 433 g/mol. The van der Waals surface area contributed by atoms with E-state index in [2.05, 4.69) is 17.6 Å². The predicted molar refractivity (Wildman–Crippen MR) is 118 cm³/mol. The molecule has 0 radical (unpaired) electrons. The van der Waals surface area contributed by atoms with Gasteiger partial charge in [0, 0.05) is 40.9 Å². The van der Waals surface area contributed by atoms with Gasteiger partial charge in [0.1, 0.15) is 0 Å². The first-order valence-electron chi connectivity index (χ1n) is 9.72. The maximum atomic E-state index is 12.7. The van der Waals surface area contributed by atoms with Crippen molar-refractivity contribution in [2.24, 2.45) is 5.92 Å². The second-order valence-electron chi connectivity index (χ2n) is 7.55. The third-order valence-electron chi connectivity index (χ3n) is 5.25. The highest BCUT2D eigenvalue weighted by Gasteiger charge is 2.21. The van der Waals surface area contributed by atoms with Crippen LogP contribution >= 0.6 is 23.2 Å². The molecule has 29 heavy (non-hydrogen) atoms. The molecule has 2 N–H and O–H groups in total. The summed E-state index contributed by atoms with van der Waals surface area (Å²) in [5, 5.41) is 6.65. The van der Waals surface area contributed by atoms with E-state index in [0.29, 0.717) is 27.2 Å². The predicted octanol–water partition coefficient (Wildman–Crippen LogP) is 5.50. The van der Waals surface area contributed by atoms with Gasteiger partial charge in [-0.2, -0.15) is 0 Å². The summed E-state index contributed by atoms with van der Waals surface area (Å²) < 4.78 is 0. The summed E-state index contributed by atoms with van der Waals surface area (Å²) in [6, 6.07) is 10.2. The molecule has 0 aromatic heterocycles. The van der Waals surface area contributed by atoms with E-state index < -0.39 is 0 Å². The number of carbonyl (C=O) groups excluding carboxylic acids is 2. The molecule has 7 heteroatoms. The minimum absolute atomic E-state index is 0.0494. The molecule has 1 fully saturated rings. The average Bonchev–Trinajstić information content (AvgIpc) is 2.69. The molecule has 3 rings (SSSR count). The van der Waals surface area contributed by atoms with Crippen LogP contribution in [0, 0.1) is 12.8 Å². The number of rotatable bonds is 4. The molecule has 0 bridgehead atoms. The number of nitrogens with zero attached hydrogens (tertiary/aromatic N) is 1. The Bertz CT molecular complexity index is 909. The fraction of sp³-hybridized carbons (Fsp3) is 0.364. The minimum Gasteiger partial charge on any atom is -0.339 e. The number of urea groups is 1. The number of hydrogen-bond donors (Lipinski definition) is 2. The third-order valence-corrected chi connectivity index (χ3v) is 5.83. The highest BCUT2D eigenvalue weighted by molar-refractivity contribution is 6.35. The van der Waals surface area contributed by atoms with Crippen LogP contribution in [0.5, 0.6) is 0 Å². The standard InChI is InChI=1S/C22H25Cl2N3O2/c1-14-7-9-27(10-8-14)21(28)16-4-6-20(15(2)11-16)26-22(29)25-13-17-3-5-18(23)12-19(17)24/h3-6,11-12,14H,7-10,13H2,1-2H3,(H2,25,26,29). The Labute approximate surface area is 181 Å². The van der Waals surface area contributed by atoms with Crippen LogP contribution in [0.25, 0.3) is 0 Å². The van der Waals surface area contributed by atoms with E-state index >= 15 is 0 Å². The molecule has 2 aromatic rings. The van der Waals surface area contributed by atoms with Crippen LogP contribution in [-0.4, -0.2) is 29.9 Å². The maximum absolute atomic E-state index is 12.7. The second kappa shape index (κ2) is 9.51. The molecule has 1 heterocycles. The van der Waals surface area contributed by atoms with Crippen molar-refractivity contribution < 1.29 is 9.59 Å².